The van der Waals surface area contributed by atoms with Crippen LogP contribution in [0, 0.1) is 0 Å². The Bertz CT molecular complexity index is 500. The third-order valence-electron chi connectivity index (χ3n) is 2.77. The quantitative estimate of drug-likeness (QED) is 0.565. The number of allylic oxidation sites excluding steroid dienone is 1. The molecule has 0 N–H and O–H groups in total. The van der Waals surface area contributed by atoms with E-state index < -0.39 is 17.6 Å². The van der Waals surface area contributed by atoms with Crippen LogP contribution in [-0.4, -0.2) is 24.4 Å². The van der Waals surface area contributed by atoms with Crippen molar-refractivity contribution in [1.29, 1.82) is 0 Å². The van der Waals surface area contributed by atoms with Gasteiger partial charge >= 0.3 is 6.18 Å². The number of hydrogen-bond donors (Lipinski definition) is 0. The highest BCUT2D eigenvalue weighted by Crippen LogP contribution is 2.34. The summed E-state index contributed by atoms with van der Waals surface area (Å²) >= 11 is 2.99. The van der Waals surface area contributed by atoms with Crippen LogP contribution in [0.2, 0.25) is 0 Å². The van der Waals surface area contributed by atoms with Gasteiger partial charge in [-0.05, 0) is 31.0 Å². The Kier molecular flexibility index (Phi) is 5.80. The Morgan fingerprint density at radius 3 is 2.65 bits per heavy atom. The van der Waals surface area contributed by atoms with Crippen molar-refractivity contribution in [2.75, 3.05) is 13.6 Å². The molecule has 0 aliphatic rings. The maximum atomic E-state index is 13.0. The molecule has 0 aromatic heterocycles. The zero-order chi connectivity index (χ0) is 15.3. The van der Waals surface area contributed by atoms with Crippen LogP contribution in [0.1, 0.15) is 28.8 Å². The standard InChI is InChI=1S/C14H15BrF3NO/c1-3-4-5-8-19(2)13(20)11-7-6-10(15)9-12(11)14(16,17)18/h3,6-7,9H,1,4-5,8H2,2H3. The lowest BCUT2D eigenvalue weighted by Crippen LogP contribution is -2.29. The number of rotatable bonds is 5. The van der Waals surface area contributed by atoms with Gasteiger partial charge in [0.25, 0.3) is 5.91 Å². The molecule has 110 valence electrons. The van der Waals surface area contributed by atoms with Gasteiger partial charge in [-0.1, -0.05) is 22.0 Å². The van der Waals surface area contributed by atoms with Gasteiger partial charge in [-0.2, -0.15) is 13.2 Å². The molecular formula is C14H15BrF3NO. The van der Waals surface area contributed by atoms with Crippen molar-refractivity contribution in [1.82, 2.24) is 4.90 Å². The summed E-state index contributed by atoms with van der Waals surface area (Å²) in [5, 5.41) is 0. The van der Waals surface area contributed by atoms with Crippen LogP contribution in [0.3, 0.4) is 0 Å². The Morgan fingerprint density at radius 1 is 1.45 bits per heavy atom. The summed E-state index contributed by atoms with van der Waals surface area (Å²) in [6, 6.07) is 3.55. The molecule has 0 atom stereocenters. The number of benzene rings is 1. The lowest BCUT2D eigenvalue weighted by molar-refractivity contribution is -0.138. The van der Waals surface area contributed by atoms with Crippen LogP contribution >= 0.6 is 15.9 Å². The summed E-state index contributed by atoms with van der Waals surface area (Å²) in [6.07, 6.45) is -1.47. The van der Waals surface area contributed by atoms with Crippen molar-refractivity contribution >= 4 is 21.8 Å². The Morgan fingerprint density at radius 2 is 2.10 bits per heavy atom. The number of amides is 1. The smallest absolute Gasteiger partial charge is 0.342 e. The van der Waals surface area contributed by atoms with E-state index in [1.165, 1.54) is 24.1 Å². The second-order valence-electron chi connectivity index (χ2n) is 4.35. The molecule has 0 spiro atoms. The molecule has 0 aliphatic heterocycles. The second-order valence-corrected chi connectivity index (χ2v) is 5.26. The largest absolute Gasteiger partial charge is 0.417 e. The normalized spacial score (nSPS) is 11.2. The van der Waals surface area contributed by atoms with Gasteiger partial charge in [0.15, 0.2) is 0 Å². The summed E-state index contributed by atoms with van der Waals surface area (Å²) in [5.74, 6) is -0.631. The monoisotopic (exact) mass is 349 g/mol. The Balaban J connectivity index is 3.00. The molecule has 0 radical (unpaired) electrons. The summed E-state index contributed by atoms with van der Waals surface area (Å²) in [7, 11) is 1.49. The average Bonchev–Trinajstić information content (AvgIpc) is 2.37. The van der Waals surface area contributed by atoms with E-state index in [-0.39, 0.29) is 10.0 Å². The summed E-state index contributed by atoms with van der Waals surface area (Å²) in [5.41, 5.74) is -1.26. The lowest BCUT2D eigenvalue weighted by Gasteiger charge is -2.20. The molecule has 0 saturated carbocycles. The molecule has 0 aliphatic carbocycles. The fraction of sp³-hybridized carbons (Fsp3) is 0.357. The van der Waals surface area contributed by atoms with Crippen LogP contribution in [0.5, 0.6) is 0 Å². The van der Waals surface area contributed by atoms with Crippen molar-refractivity contribution in [3.05, 3.63) is 46.5 Å². The topological polar surface area (TPSA) is 20.3 Å². The molecule has 1 aromatic carbocycles. The van der Waals surface area contributed by atoms with Crippen LogP contribution in [0.15, 0.2) is 35.3 Å². The summed E-state index contributed by atoms with van der Waals surface area (Å²) in [6.45, 7) is 3.95. The summed E-state index contributed by atoms with van der Waals surface area (Å²) < 4.78 is 39.1. The SMILES string of the molecule is C=CCCCN(C)C(=O)c1ccc(Br)cc1C(F)(F)F. The minimum Gasteiger partial charge on any atom is -0.342 e. The number of unbranched alkanes of at least 4 members (excludes halogenated alkanes) is 1. The highest BCUT2D eigenvalue weighted by Gasteiger charge is 2.36. The average molecular weight is 350 g/mol. The molecule has 0 fully saturated rings. The van der Waals surface area contributed by atoms with Gasteiger partial charge in [0.2, 0.25) is 0 Å². The van der Waals surface area contributed by atoms with E-state index in [9.17, 15) is 18.0 Å². The number of nitrogens with zero attached hydrogens (tertiary/aromatic N) is 1. The third-order valence-corrected chi connectivity index (χ3v) is 3.26. The van der Waals surface area contributed by atoms with Gasteiger partial charge in [-0.25, -0.2) is 0 Å². The molecule has 0 bridgehead atoms. The van der Waals surface area contributed by atoms with Gasteiger partial charge in [0, 0.05) is 18.1 Å². The highest BCUT2D eigenvalue weighted by molar-refractivity contribution is 9.10. The van der Waals surface area contributed by atoms with Gasteiger partial charge in [-0.3, -0.25) is 4.79 Å². The number of carbonyl (C=O) groups is 1. The van der Waals surface area contributed by atoms with E-state index >= 15 is 0 Å². The van der Waals surface area contributed by atoms with E-state index in [1.54, 1.807) is 6.08 Å². The van der Waals surface area contributed by atoms with E-state index in [1.807, 2.05) is 0 Å². The van der Waals surface area contributed by atoms with Crippen molar-refractivity contribution in [3.63, 3.8) is 0 Å². The van der Waals surface area contributed by atoms with E-state index in [2.05, 4.69) is 22.5 Å². The number of hydrogen-bond acceptors (Lipinski definition) is 1. The molecule has 20 heavy (non-hydrogen) atoms. The number of halogens is 4. The van der Waals surface area contributed by atoms with Gasteiger partial charge in [-0.15, -0.1) is 6.58 Å². The molecule has 1 aromatic rings. The molecule has 0 saturated heterocycles. The maximum Gasteiger partial charge on any atom is 0.417 e. The molecule has 2 nitrogen and oxygen atoms in total. The van der Waals surface area contributed by atoms with Crippen molar-refractivity contribution in [2.45, 2.75) is 19.0 Å². The van der Waals surface area contributed by atoms with Crippen LogP contribution in [0.4, 0.5) is 13.2 Å². The predicted octanol–water partition coefficient (Wildman–Crippen LogP) is 4.51. The Hall–Kier alpha value is -1.30. The van der Waals surface area contributed by atoms with Gasteiger partial charge in [0.1, 0.15) is 0 Å². The fourth-order valence-electron chi connectivity index (χ4n) is 1.72. The molecular weight excluding hydrogens is 335 g/mol. The van der Waals surface area contributed by atoms with Crippen LogP contribution in [0.25, 0.3) is 0 Å². The zero-order valence-electron chi connectivity index (χ0n) is 11.0. The fourth-order valence-corrected chi connectivity index (χ4v) is 2.08. The maximum absolute atomic E-state index is 13.0. The molecule has 0 unspecified atom stereocenters. The van der Waals surface area contributed by atoms with E-state index in [0.29, 0.717) is 19.4 Å². The first kappa shape index (κ1) is 16.8. The van der Waals surface area contributed by atoms with Gasteiger partial charge in [0.05, 0.1) is 11.1 Å². The molecule has 0 heterocycles. The van der Waals surface area contributed by atoms with Crippen molar-refractivity contribution in [2.24, 2.45) is 0 Å². The highest BCUT2D eigenvalue weighted by atomic mass is 79.9. The van der Waals surface area contributed by atoms with Gasteiger partial charge < -0.3 is 4.90 Å². The third kappa shape index (κ3) is 4.37. The zero-order valence-corrected chi connectivity index (χ0v) is 12.6. The molecule has 1 rings (SSSR count). The Labute approximate surface area is 124 Å². The van der Waals surface area contributed by atoms with E-state index in [0.717, 1.165) is 6.07 Å². The number of carbonyl (C=O) groups excluding carboxylic acids is 1. The second kappa shape index (κ2) is 6.92. The van der Waals surface area contributed by atoms with E-state index in [4.69, 9.17) is 0 Å². The minimum absolute atomic E-state index is 0.288. The van der Waals surface area contributed by atoms with Crippen LogP contribution in [-0.2, 0) is 6.18 Å². The first-order valence-electron chi connectivity index (χ1n) is 6.00. The predicted molar refractivity (Wildman–Crippen MR) is 75.5 cm³/mol. The number of alkyl halides is 3. The van der Waals surface area contributed by atoms with Crippen molar-refractivity contribution < 1.29 is 18.0 Å². The van der Waals surface area contributed by atoms with Crippen LogP contribution < -0.4 is 0 Å². The summed E-state index contributed by atoms with van der Waals surface area (Å²) in [4.78, 5) is 13.4. The molecule has 1 amide bonds. The molecule has 6 heteroatoms. The minimum atomic E-state index is -4.56. The lowest BCUT2D eigenvalue weighted by atomic mass is 10.1. The first-order valence-corrected chi connectivity index (χ1v) is 6.79. The first-order chi connectivity index (χ1) is 9.27. The van der Waals surface area contributed by atoms with Crippen molar-refractivity contribution in [3.8, 4) is 0 Å².